The van der Waals surface area contributed by atoms with Crippen LogP contribution in [0.4, 0.5) is 0 Å². The van der Waals surface area contributed by atoms with Gasteiger partial charge in [0.15, 0.2) is 0 Å². The lowest BCUT2D eigenvalue weighted by molar-refractivity contribution is -0.133. The van der Waals surface area contributed by atoms with Gasteiger partial charge in [-0.1, -0.05) is 49.4 Å². The molecule has 0 unspecified atom stereocenters. The maximum absolute atomic E-state index is 13.1. The lowest BCUT2D eigenvalue weighted by Crippen LogP contribution is -2.44. The Hall–Kier alpha value is -3.15. The second-order valence-corrected chi connectivity index (χ2v) is 6.98. The zero-order valence-corrected chi connectivity index (χ0v) is 16.0. The van der Waals surface area contributed by atoms with Crippen LogP contribution >= 0.6 is 0 Å². The Morgan fingerprint density at radius 3 is 2.32 bits per heavy atom. The van der Waals surface area contributed by atoms with Crippen LogP contribution < -0.4 is 5.73 Å². The van der Waals surface area contributed by atoms with E-state index in [1.807, 2.05) is 42.2 Å². The molecule has 0 radical (unpaired) electrons. The number of rotatable bonds is 5. The number of hydrogen-bond donors (Lipinski definition) is 1. The molecule has 1 fully saturated rings. The van der Waals surface area contributed by atoms with Crippen molar-refractivity contribution >= 4 is 17.7 Å². The van der Waals surface area contributed by atoms with E-state index in [-0.39, 0.29) is 35.4 Å². The number of benzene rings is 2. The maximum Gasteiger partial charge on any atom is 0.254 e. The summed E-state index contributed by atoms with van der Waals surface area (Å²) in [6.07, 6.45) is 0.994. The molecule has 1 heterocycles. The molecule has 1 aliphatic rings. The molecule has 1 aliphatic heterocycles. The van der Waals surface area contributed by atoms with Gasteiger partial charge in [0.2, 0.25) is 11.8 Å². The third-order valence-electron chi connectivity index (χ3n) is 5.16. The summed E-state index contributed by atoms with van der Waals surface area (Å²) in [6.45, 7) is 3.30. The Morgan fingerprint density at radius 1 is 1.04 bits per heavy atom. The number of nitrogens with two attached hydrogens (primary N) is 1. The second-order valence-electron chi connectivity index (χ2n) is 6.98. The molecule has 2 N–H and O–H groups in total. The molecule has 2 aromatic carbocycles. The van der Waals surface area contributed by atoms with Crippen LogP contribution in [0.15, 0.2) is 54.6 Å². The van der Waals surface area contributed by atoms with Gasteiger partial charge < -0.3 is 15.5 Å². The quantitative estimate of drug-likeness (QED) is 0.866. The van der Waals surface area contributed by atoms with Crippen LogP contribution in [0.3, 0.4) is 0 Å². The van der Waals surface area contributed by atoms with Crippen molar-refractivity contribution in [1.29, 1.82) is 0 Å². The van der Waals surface area contributed by atoms with Gasteiger partial charge in [-0.3, -0.25) is 14.4 Å². The van der Waals surface area contributed by atoms with Crippen LogP contribution in [0.5, 0.6) is 0 Å². The van der Waals surface area contributed by atoms with Crippen LogP contribution in [0.25, 0.3) is 0 Å². The minimum atomic E-state index is -0.632. The topological polar surface area (TPSA) is 83.7 Å². The first-order chi connectivity index (χ1) is 13.5. The SMILES string of the molecule is CC[C@H]1CN(C(=O)c2ccccc2C(N)=O)CCC(=O)N1Cc1ccccc1. The Labute approximate surface area is 164 Å². The number of nitrogens with zero attached hydrogens (tertiary/aromatic N) is 2. The zero-order chi connectivity index (χ0) is 20.1. The number of carbonyl (C=O) groups excluding carboxylic acids is 3. The van der Waals surface area contributed by atoms with Crippen molar-refractivity contribution in [2.24, 2.45) is 5.73 Å². The van der Waals surface area contributed by atoms with E-state index in [1.54, 1.807) is 29.2 Å². The maximum atomic E-state index is 13.1. The molecule has 0 aromatic heterocycles. The van der Waals surface area contributed by atoms with Gasteiger partial charge in [0, 0.05) is 32.1 Å². The summed E-state index contributed by atoms with van der Waals surface area (Å²) in [4.78, 5) is 41.1. The highest BCUT2D eigenvalue weighted by atomic mass is 16.2. The standard InChI is InChI=1S/C22H25N3O3/c1-2-17-15-24(22(28)19-11-7-6-10-18(19)21(23)27)13-12-20(26)25(17)14-16-8-4-3-5-9-16/h3-11,17H,2,12-15H2,1H3,(H2,23,27)/t17-/m0/s1. The molecule has 3 rings (SSSR count). The van der Waals surface area contributed by atoms with Crippen molar-refractivity contribution in [1.82, 2.24) is 9.80 Å². The van der Waals surface area contributed by atoms with Crippen molar-refractivity contribution in [3.05, 3.63) is 71.3 Å². The lowest BCUT2D eigenvalue weighted by atomic mass is 10.0. The van der Waals surface area contributed by atoms with Crippen LogP contribution in [-0.4, -0.2) is 46.7 Å². The highest BCUT2D eigenvalue weighted by Gasteiger charge is 2.32. The average molecular weight is 379 g/mol. The van der Waals surface area contributed by atoms with Crippen molar-refractivity contribution in [2.75, 3.05) is 13.1 Å². The summed E-state index contributed by atoms with van der Waals surface area (Å²) in [7, 11) is 0. The van der Waals surface area contributed by atoms with Gasteiger partial charge in [0.05, 0.1) is 11.1 Å². The van der Waals surface area contributed by atoms with Crippen molar-refractivity contribution in [3.63, 3.8) is 0 Å². The molecule has 2 aromatic rings. The fourth-order valence-electron chi connectivity index (χ4n) is 3.61. The van der Waals surface area contributed by atoms with E-state index in [0.29, 0.717) is 19.6 Å². The van der Waals surface area contributed by atoms with Crippen LogP contribution in [-0.2, 0) is 11.3 Å². The predicted octanol–water partition coefficient (Wildman–Crippen LogP) is 2.44. The van der Waals surface area contributed by atoms with Crippen LogP contribution in [0.2, 0.25) is 0 Å². The molecule has 1 saturated heterocycles. The molecule has 28 heavy (non-hydrogen) atoms. The molecule has 1 atom stereocenters. The lowest BCUT2D eigenvalue weighted by Gasteiger charge is -2.31. The summed E-state index contributed by atoms with van der Waals surface area (Å²) in [5.74, 6) is -0.857. The average Bonchev–Trinajstić information content (AvgIpc) is 2.87. The first-order valence-corrected chi connectivity index (χ1v) is 9.52. The van der Waals surface area contributed by atoms with Gasteiger partial charge in [-0.25, -0.2) is 0 Å². The number of amides is 3. The van der Waals surface area contributed by atoms with Gasteiger partial charge >= 0.3 is 0 Å². The summed E-state index contributed by atoms with van der Waals surface area (Å²) in [6, 6.07) is 16.3. The Kier molecular flexibility index (Phi) is 6.09. The van der Waals surface area contributed by atoms with E-state index < -0.39 is 5.91 Å². The number of hydrogen-bond acceptors (Lipinski definition) is 3. The fraction of sp³-hybridized carbons (Fsp3) is 0.318. The van der Waals surface area contributed by atoms with Crippen molar-refractivity contribution in [2.45, 2.75) is 32.4 Å². The van der Waals surface area contributed by atoms with Crippen LogP contribution in [0, 0.1) is 0 Å². The van der Waals surface area contributed by atoms with Gasteiger partial charge in [-0.15, -0.1) is 0 Å². The van der Waals surface area contributed by atoms with E-state index in [2.05, 4.69) is 0 Å². The van der Waals surface area contributed by atoms with Gasteiger partial charge in [-0.05, 0) is 24.1 Å². The fourth-order valence-corrected chi connectivity index (χ4v) is 3.61. The Balaban J connectivity index is 1.83. The molecular formula is C22H25N3O3. The van der Waals surface area contributed by atoms with Crippen molar-refractivity contribution in [3.8, 4) is 0 Å². The second kappa shape index (κ2) is 8.69. The normalized spacial score (nSPS) is 17.3. The molecule has 0 aliphatic carbocycles. The molecule has 0 bridgehead atoms. The smallest absolute Gasteiger partial charge is 0.254 e. The molecular weight excluding hydrogens is 354 g/mol. The minimum absolute atomic E-state index is 0.0363. The third kappa shape index (κ3) is 4.22. The zero-order valence-electron chi connectivity index (χ0n) is 16.0. The molecule has 6 nitrogen and oxygen atoms in total. The molecule has 0 spiro atoms. The number of carbonyl (C=O) groups is 3. The Morgan fingerprint density at radius 2 is 1.68 bits per heavy atom. The van der Waals surface area contributed by atoms with E-state index >= 15 is 0 Å². The summed E-state index contributed by atoms with van der Waals surface area (Å²) < 4.78 is 0. The van der Waals surface area contributed by atoms with E-state index in [9.17, 15) is 14.4 Å². The molecule has 6 heteroatoms. The largest absolute Gasteiger partial charge is 0.366 e. The van der Waals surface area contributed by atoms with Gasteiger partial charge in [-0.2, -0.15) is 0 Å². The molecule has 146 valence electrons. The van der Waals surface area contributed by atoms with Gasteiger partial charge in [0.1, 0.15) is 0 Å². The highest BCUT2D eigenvalue weighted by molar-refractivity contribution is 6.06. The Bertz CT molecular complexity index is 866. The summed E-state index contributed by atoms with van der Waals surface area (Å²) in [5.41, 5.74) is 6.98. The van der Waals surface area contributed by atoms with Crippen molar-refractivity contribution < 1.29 is 14.4 Å². The van der Waals surface area contributed by atoms with E-state index in [4.69, 9.17) is 5.73 Å². The van der Waals surface area contributed by atoms with Crippen LogP contribution in [0.1, 0.15) is 46.0 Å². The molecule has 0 saturated carbocycles. The monoisotopic (exact) mass is 379 g/mol. The van der Waals surface area contributed by atoms with Gasteiger partial charge in [0.25, 0.3) is 5.91 Å². The minimum Gasteiger partial charge on any atom is -0.366 e. The van der Waals surface area contributed by atoms with E-state index in [1.165, 1.54) is 0 Å². The first kappa shape index (κ1) is 19.6. The first-order valence-electron chi connectivity index (χ1n) is 9.52. The highest BCUT2D eigenvalue weighted by Crippen LogP contribution is 2.20. The third-order valence-corrected chi connectivity index (χ3v) is 5.16. The summed E-state index contributed by atoms with van der Waals surface area (Å²) in [5, 5.41) is 0. The summed E-state index contributed by atoms with van der Waals surface area (Å²) >= 11 is 0. The molecule has 3 amide bonds. The van der Waals surface area contributed by atoms with E-state index in [0.717, 1.165) is 12.0 Å². The predicted molar refractivity (Wildman–Crippen MR) is 107 cm³/mol. The number of primary amides is 1.